The third kappa shape index (κ3) is 6.86. The number of fused-ring (bicyclic) bond motifs is 2. The molecule has 2 saturated heterocycles. The number of pyridine rings is 2. The third-order valence-electron chi connectivity index (χ3n) is 9.60. The second-order valence-corrected chi connectivity index (χ2v) is 16.0. The Labute approximate surface area is 300 Å². The highest BCUT2D eigenvalue weighted by Gasteiger charge is 2.22. The zero-order chi connectivity index (χ0) is 32.5. The van der Waals surface area contributed by atoms with Crippen molar-refractivity contribution in [2.24, 2.45) is 0 Å². The molecule has 0 spiro atoms. The van der Waals surface area contributed by atoms with Gasteiger partial charge in [-0.25, -0.2) is 0 Å². The van der Waals surface area contributed by atoms with E-state index in [1.165, 1.54) is 79.8 Å². The van der Waals surface area contributed by atoms with Crippen molar-refractivity contribution >= 4 is 78.0 Å². The molecule has 242 valence electrons. The van der Waals surface area contributed by atoms with Gasteiger partial charge in [-0.3, -0.25) is 0 Å². The van der Waals surface area contributed by atoms with Crippen LogP contribution in [0.2, 0.25) is 10.0 Å². The first-order valence-electron chi connectivity index (χ1n) is 16.8. The van der Waals surface area contributed by atoms with Gasteiger partial charge in [0.25, 0.3) is 0 Å². The fourth-order valence-electron chi connectivity index (χ4n) is 7.11. The van der Waals surface area contributed by atoms with Gasteiger partial charge in [0.1, 0.15) is 0 Å². The van der Waals surface area contributed by atoms with E-state index >= 15 is 0 Å². The van der Waals surface area contributed by atoms with Crippen molar-refractivity contribution in [1.29, 1.82) is 0 Å². The van der Waals surface area contributed by atoms with Crippen LogP contribution in [-0.4, -0.2) is 26.2 Å². The normalized spacial score (nSPS) is 14.9. The van der Waals surface area contributed by atoms with Gasteiger partial charge >= 0.3 is 0 Å². The SMILES string of the molecule is Clc1ccc2c(N3CCCC3)cc[n+](Cc3ccc(SSc4ccc(C[n+]5ccc(N6CCCC6)c6ccc(Cl)cc65)cc4)cc3)c2c1. The van der Waals surface area contributed by atoms with E-state index < -0.39 is 0 Å². The number of benzene rings is 4. The van der Waals surface area contributed by atoms with Crippen molar-refractivity contribution in [2.45, 2.75) is 48.6 Å². The third-order valence-corrected chi connectivity index (χ3v) is 12.5. The average molecular weight is 710 g/mol. The van der Waals surface area contributed by atoms with Gasteiger partial charge < -0.3 is 9.80 Å². The molecule has 2 fully saturated rings. The van der Waals surface area contributed by atoms with Gasteiger partial charge in [-0.15, -0.1) is 0 Å². The summed E-state index contributed by atoms with van der Waals surface area (Å²) in [6.07, 6.45) is 9.48. The van der Waals surface area contributed by atoms with Crippen molar-refractivity contribution in [2.75, 3.05) is 36.0 Å². The highest BCUT2D eigenvalue weighted by molar-refractivity contribution is 8.76. The number of anilines is 2. The highest BCUT2D eigenvalue weighted by atomic mass is 35.5. The Bertz CT molecular complexity index is 1920. The minimum atomic E-state index is 0.773. The smallest absolute Gasteiger partial charge is 0.216 e. The standard InChI is InChI=1S/C40H38Cl2N4S2/c41-31-9-15-35-37(43-19-1-2-20-43)17-23-45(39(35)25-31)27-29-5-11-33(12-6-29)47-48-34-13-7-30(8-14-34)28-46-24-18-38(44-21-3-4-22-44)36-16-10-32(42)26-40(36)46/h5-18,23-26H,1-4,19-22,27-28H2/q+2. The predicted molar refractivity (Wildman–Crippen MR) is 204 cm³/mol. The molecule has 0 amide bonds. The summed E-state index contributed by atoms with van der Waals surface area (Å²) in [5.74, 6) is 0. The fraction of sp³-hybridized carbons (Fsp3) is 0.250. The van der Waals surface area contributed by atoms with Gasteiger partial charge in [0.15, 0.2) is 25.5 Å². The van der Waals surface area contributed by atoms with Crippen LogP contribution in [0.5, 0.6) is 0 Å². The molecule has 0 atom stereocenters. The molecule has 0 bridgehead atoms. The number of hydrogen-bond acceptors (Lipinski definition) is 4. The topological polar surface area (TPSA) is 14.2 Å². The molecule has 4 aromatic carbocycles. The van der Waals surface area contributed by atoms with Gasteiger partial charge in [0.2, 0.25) is 11.0 Å². The molecular weight excluding hydrogens is 672 g/mol. The largest absolute Gasteiger partial charge is 0.371 e. The van der Waals surface area contributed by atoms with Crippen LogP contribution in [0.4, 0.5) is 11.4 Å². The van der Waals surface area contributed by atoms with E-state index in [1.54, 1.807) is 21.6 Å². The summed E-state index contributed by atoms with van der Waals surface area (Å²) in [4.78, 5) is 7.49. The number of halogens is 2. The van der Waals surface area contributed by atoms with E-state index in [-0.39, 0.29) is 0 Å². The molecule has 6 aromatic rings. The molecule has 0 saturated carbocycles. The van der Waals surface area contributed by atoms with Crippen LogP contribution in [0.3, 0.4) is 0 Å². The molecule has 0 radical (unpaired) electrons. The van der Waals surface area contributed by atoms with Crippen LogP contribution in [0.25, 0.3) is 21.8 Å². The number of rotatable bonds is 9. The quantitative estimate of drug-likeness (QED) is 0.110. The molecule has 0 aliphatic carbocycles. The maximum atomic E-state index is 6.47. The molecule has 8 rings (SSSR count). The lowest BCUT2D eigenvalue weighted by atomic mass is 10.1. The maximum Gasteiger partial charge on any atom is 0.216 e. The number of nitrogens with zero attached hydrogens (tertiary/aromatic N) is 4. The highest BCUT2D eigenvalue weighted by Crippen LogP contribution is 2.38. The lowest BCUT2D eigenvalue weighted by molar-refractivity contribution is -0.662. The Kier molecular flexibility index (Phi) is 9.42. The summed E-state index contributed by atoms with van der Waals surface area (Å²) < 4.78 is 4.63. The first-order valence-corrected chi connectivity index (χ1v) is 19.7. The van der Waals surface area contributed by atoms with Crippen molar-refractivity contribution < 1.29 is 9.13 Å². The zero-order valence-electron chi connectivity index (χ0n) is 26.8. The molecule has 48 heavy (non-hydrogen) atoms. The Balaban J connectivity index is 0.920. The van der Waals surface area contributed by atoms with Crippen LogP contribution < -0.4 is 18.9 Å². The lowest BCUT2D eigenvalue weighted by Crippen LogP contribution is -2.35. The van der Waals surface area contributed by atoms with Gasteiger partial charge in [0.05, 0.1) is 22.1 Å². The molecule has 0 unspecified atom stereocenters. The van der Waals surface area contributed by atoms with E-state index in [0.717, 1.165) is 49.3 Å². The van der Waals surface area contributed by atoms with E-state index in [9.17, 15) is 0 Å². The molecule has 0 N–H and O–H groups in total. The molecule has 8 heteroatoms. The summed E-state index contributed by atoms with van der Waals surface area (Å²) in [5.41, 5.74) is 7.53. The minimum Gasteiger partial charge on any atom is -0.371 e. The van der Waals surface area contributed by atoms with E-state index in [1.807, 2.05) is 12.1 Å². The molecule has 4 heterocycles. The number of hydrogen-bond donors (Lipinski definition) is 0. The van der Waals surface area contributed by atoms with Crippen molar-refractivity contribution in [3.63, 3.8) is 0 Å². The van der Waals surface area contributed by atoms with Crippen LogP contribution in [0, 0.1) is 0 Å². The van der Waals surface area contributed by atoms with Crippen LogP contribution in [0.15, 0.2) is 119 Å². The molecule has 2 aromatic heterocycles. The predicted octanol–water partition coefficient (Wildman–Crippen LogP) is 9.97. The summed E-state index contributed by atoms with van der Waals surface area (Å²) in [6, 6.07) is 35.0. The maximum absolute atomic E-state index is 6.47. The Hall–Kier alpha value is -3.42. The average Bonchev–Trinajstić information content (AvgIpc) is 3.85. The zero-order valence-corrected chi connectivity index (χ0v) is 30.0. The summed E-state index contributed by atoms with van der Waals surface area (Å²) in [6.45, 7) is 6.12. The van der Waals surface area contributed by atoms with Gasteiger partial charge in [-0.1, -0.05) is 69.1 Å². The molecule has 4 nitrogen and oxygen atoms in total. The van der Waals surface area contributed by atoms with E-state index in [4.69, 9.17) is 23.2 Å². The van der Waals surface area contributed by atoms with E-state index in [0.29, 0.717) is 0 Å². The van der Waals surface area contributed by atoms with Crippen molar-refractivity contribution in [3.8, 4) is 0 Å². The second kappa shape index (κ2) is 14.2. The van der Waals surface area contributed by atoms with Crippen LogP contribution in [-0.2, 0) is 13.1 Å². The molecule has 2 aliphatic heterocycles. The first kappa shape index (κ1) is 31.8. The fourth-order valence-corrected chi connectivity index (χ4v) is 9.38. The Morgan fingerprint density at radius 3 is 1.29 bits per heavy atom. The summed E-state index contributed by atoms with van der Waals surface area (Å²) >= 11 is 12.9. The van der Waals surface area contributed by atoms with Crippen molar-refractivity contribution in [1.82, 2.24) is 0 Å². The second-order valence-electron chi connectivity index (χ2n) is 12.8. The van der Waals surface area contributed by atoms with Crippen LogP contribution >= 0.6 is 44.8 Å². The van der Waals surface area contributed by atoms with Gasteiger partial charge in [-0.2, -0.15) is 9.13 Å². The number of aromatic nitrogens is 2. The van der Waals surface area contributed by atoms with Gasteiger partial charge in [-0.05, 0) is 74.2 Å². The summed E-state index contributed by atoms with van der Waals surface area (Å²) in [5, 5.41) is 4.08. The molecule has 2 aliphatic rings. The minimum absolute atomic E-state index is 0.773. The molecular formula is C40H38Cl2N4S2+2. The van der Waals surface area contributed by atoms with E-state index in [2.05, 4.69) is 116 Å². The Morgan fingerprint density at radius 1 is 0.500 bits per heavy atom. The van der Waals surface area contributed by atoms with Gasteiger partial charge in [0, 0.05) is 81.4 Å². The Morgan fingerprint density at radius 2 is 0.896 bits per heavy atom. The first-order chi connectivity index (χ1) is 23.6. The summed E-state index contributed by atoms with van der Waals surface area (Å²) in [7, 11) is 3.60. The lowest BCUT2D eigenvalue weighted by Gasteiger charge is -2.19. The monoisotopic (exact) mass is 708 g/mol. The van der Waals surface area contributed by atoms with Crippen molar-refractivity contribution in [3.05, 3.63) is 131 Å². The van der Waals surface area contributed by atoms with Crippen LogP contribution in [0.1, 0.15) is 36.8 Å².